The van der Waals surface area contributed by atoms with Crippen molar-refractivity contribution < 1.29 is 4.79 Å². The van der Waals surface area contributed by atoms with Crippen LogP contribution in [0.3, 0.4) is 0 Å². The predicted octanol–water partition coefficient (Wildman–Crippen LogP) is 5.03. The summed E-state index contributed by atoms with van der Waals surface area (Å²) < 4.78 is 1.45. The molecule has 32 heavy (non-hydrogen) atoms. The number of rotatable bonds is 4. The van der Waals surface area contributed by atoms with E-state index in [1.165, 1.54) is 4.68 Å². The quantitative estimate of drug-likeness (QED) is 0.412. The van der Waals surface area contributed by atoms with E-state index in [0.717, 1.165) is 31.2 Å². The Balaban J connectivity index is 1.64. The fourth-order valence-corrected chi connectivity index (χ4v) is 4.34. The van der Waals surface area contributed by atoms with Crippen LogP contribution >= 0.6 is 23.2 Å². The maximum absolute atomic E-state index is 13.2. The average Bonchev–Trinajstić information content (AvgIpc) is 3.38. The molecular weight excluding hydrogens is 447 g/mol. The number of halogens is 2. The summed E-state index contributed by atoms with van der Waals surface area (Å²) >= 11 is 12.1. The molecule has 0 radical (unpaired) electrons. The minimum atomic E-state index is -0.257. The van der Waals surface area contributed by atoms with Gasteiger partial charge in [-0.05, 0) is 42.7 Å². The SMILES string of the molecule is Nc1c(C(=O)NC2CCCC2)c2nc3ccccc3nc2n1/N=C\c1ccc(Cl)c(Cl)c1. The van der Waals surface area contributed by atoms with Crippen molar-refractivity contribution in [2.24, 2.45) is 5.10 Å². The normalized spacial score (nSPS) is 14.7. The van der Waals surface area contributed by atoms with Gasteiger partial charge in [0.25, 0.3) is 5.91 Å². The molecule has 3 N–H and O–H groups in total. The van der Waals surface area contributed by atoms with Crippen molar-refractivity contribution in [1.29, 1.82) is 0 Å². The summed E-state index contributed by atoms with van der Waals surface area (Å²) in [6.45, 7) is 0. The van der Waals surface area contributed by atoms with Crippen molar-refractivity contribution in [3.05, 3.63) is 63.6 Å². The van der Waals surface area contributed by atoms with E-state index in [1.54, 1.807) is 24.4 Å². The summed E-state index contributed by atoms with van der Waals surface area (Å²) in [5, 5.41) is 8.47. The Morgan fingerprint density at radius 2 is 1.81 bits per heavy atom. The third-order valence-electron chi connectivity index (χ3n) is 5.66. The molecule has 2 aromatic carbocycles. The fourth-order valence-electron chi connectivity index (χ4n) is 4.03. The molecule has 162 valence electrons. The molecule has 7 nitrogen and oxygen atoms in total. The van der Waals surface area contributed by atoms with Gasteiger partial charge < -0.3 is 11.1 Å². The van der Waals surface area contributed by atoms with E-state index in [0.29, 0.717) is 32.2 Å². The molecule has 4 aromatic rings. The molecule has 2 aromatic heterocycles. The van der Waals surface area contributed by atoms with Crippen LogP contribution in [0.5, 0.6) is 0 Å². The molecule has 1 aliphatic carbocycles. The summed E-state index contributed by atoms with van der Waals surface area (Å²) in [6, 6.07) is 12.8. The minimum Gasteiger partial charge on any atom is -0.383 e. The van der Waals surface area contributed by atoms with Gasteiger partial charge in [-0.2, -0.15) is 9.78 Å². The standard InChI is InChI=1S/C23H20Cl2N6O/c24-15-10-9-13(11-16(15)25)12-27-31-21(26)19(23(32)28-14-5-1-2-6-14)20-22(31)30-18-8-4-3-7-17(18)29-20/h3-4,7-12,14H,1-2,5-6,26H2,(H,28,32)/b27-12-. The van der Waals surface area contributed by atoms with Crippen LogP contribution in [0.15, 0.2) is 47.6 Å². The number of hydrogen-bond acceptors (Lipinski definition) is 5. The van der Waals surface area contributed by atoms with Crippen LogP contribution in [-0.4, -0.2) is 32.8 Å². The highest BCUT2D eigenvalue weighted by molar-refractivity contribution is 6.42. The van der Waals surface area contributed by atoms with Gasteiger partial charge in [0, 0.05) is 6.04 Å². The van der Waals surface area contributed by atoms with Crippen LogP contribution in [-0.2, 0) is 0 Å². The van der Waals surface area contributed by atoms with Crippen molar-refractivity contribution in [3.8, 4) is 0 Å². The summed E-state index contributed by atoms with van der Waals surface area (Å²) in [5.41, 5.74) is 9.65. The number of hydrogen-bond donors (Lipinski definition) is 2. The van der Waals surface area contributed by atoms with Crippen molar-refractivity contribution in [1.82, 2.24) is 20.0 Å². The van der Waals surface area contributed by atoms with E-state index in [-0.39, 0.29) is 23.3 Å². The number of carbonyl (C=O) groups excluding carboxylic acids is 1. The van der Waals surface area contributed by atoms with Crippen LogP contribution < -0.4 is 11.1 Å². The van der Waals surface area contributed by atoms with Gasteiger partial charge >= 0.3 is 0 Å². The number of nitrogen functional groups attached to an aromatic ring is 1. The molecule has 1 saturated carbocycles. The number of anilines is 1. The summed E-state index contributed by atoms with van der Waals surface area (Å²) in [7, 11) is 0. The summed E-state index contributed by atoms with van der Waals surface area (Å²) in [6.07, 6.45) is 5.75. The van der Waals surface area contributed by atoms with Gasteiger partial charge in [-0.1, -0.05) is 54.2 Å². The van der Waals surface area contributed by atoms with Gasteiger partial charge in [-0.3, -0.25) is 4.79 Å². The van der Waals surface area contributed by atoms with E-state index in [9.17, 15) is 4.79 Å². The largest absolute Gasteiger partial charge is 0.383 e. The van der Waals surface area contributed by atoms with Crippen molar-refractivity contribution >= 4 is 63.3 Å². The molecule has 1 aliphatic rings. The fraction of sp³-hybridized carbons (Fsp3) is 0.217. The van der Waals surface area contributed by atoms with Crippen LogP contribution in [0.1, 0.15) is 41.6 Å². The van der Waals surface area contributed by atoms with E-state index in [2.05, 4.69) is 10.4 Å². The van der Waals surface area contributed by atoms with Crippen LogP contribution in [0.4, 0.5) is 5.82 Å². The van der Waals surface area contributed by atoms with Crippen LogP contribution in [0.2, 0.25) is 10.0 Å². The lowest BCUT2D eigenvalue weighted by molar-refractivity contribution is 0.0940. The second-order valence-corrected chi connectivity index (χ2v) is 8.64. The Morgan fingerprint density at radius 1 is 1.09 bits per heavy atom. The second-order valence-electron chi connectivity index (χ2n) is 7.83. The molecule has 0 spiro atoms. The number of benzene rings is 2. The average molecular weight is 467 g/mol. The summed E-state index contributed by atoms with van der Waals surface area (Å²) in [5.74, 6) is -0.0745. The monoisotopic (exact) mass is 466 g/mol. The second kappa shape index (κ2) is 8.41. The van der Waals surface area contributed by atoms with Crippen molar-refractivity contribution in [2.75, 3.05) is 5.73 Å². The number of amides is 1. The van der Waals surface area contributed by atoms with Gasteiger partial charge in [0.2, 0.25) is 0 Å². The maximum Gasteiger partial charge on any atom is 0.257 e. The highest BCUT2D eigenvalue weighted by Gasteiger charge is 2.26. The number of nitrogens with one attached hydrogen (secondary N) is 1. The zero-order chi connectivity index (χ0) is 22.2. The minimum absolute atomic E-state index is 0.147. The first kappa shape index (κ1) is 20.7. The first-order valence-electron chi connectivity index (χ1n) is 10.4. The molecular formula is C23H20Cl2N6O. The number of nitrogens with zero attached hydrogens (tertiary/aromatic N) is 4. The number of aromatic nitrogens is 3. The van der Waals surface area contributed by atoms with E-state index >= 15 is 0 Å². The third kappa shape index (κ3) is 3.78. The van der Waals surface area contributed by atoms with Crippen LogP contribution in [0.25, 0.3) is 22.2 Å². The Morgan fingerprint density at radius 3 is 2.53 bits per heavy atom. The van der Waals surface area contributed by atoms with Gasteiger partial charge in [0.1, 0.15) is 16.9 Å². The van der Waals surface area contributed by atoms with E-state index < -0.39 is 0 Å². The first-order chi connectivity index (χ1) is 15.5. The molecule has 0 unspecified atom stereocenters. The molecule has 9 heteroatoms. The molecule has 1 fully saturated rings. The Bertz CT molecular complexity index is 1370. The predicted molar refractivity (Wildman–Crippen MR) is 129 cm³/mol. The summed E-state index contributed by atoms with van der Waals surface area (Å²) in [4.78, 5) is 22.6. The Hall–Kier alpha value is -3.16. The lowest BCUT2D eigenvalue weighted by atomic mass is 10.2. The molecule has 2 heterocycles. The molecule has 1 amide bonds. The number of para-hydroxylation sites is 2. The molecule has 0 aliphatic heterocycles. The Kier molecular flexibility index (Phi) is 5.45. The van der Waals surface area contributed by atoms with Crippen LogP contribution in [0, 0.1) is 0 Å². The number of fused-ring (bicyclic) bond motifs is 2. The van der Waals surface area contributed by atoms with E-state index in [1.807, 2.05) is 24.3 Å². The van der Waals surface area contributed by atoms with Gasteiger partial charge in [0.05, 0.1) is 27.3 Å². The molecule has 0 bridgehead atoms. The highest BCUT2D eigenvalue weighted by Crippen LogP contribution is 2.29. The lowest BCUT2D eigenvalue weighted by Crippen LogP contribution is -2.33. The zero-order valence-electron chi connectivity index (χ0n) is 17.1. The smallest absolute Gasteiger partial charge is 0.257 e. The maximum atomic E-state index is 13.2. The third-order valence-corrected chi connectivity index (χ3v) is 6.40. The topological polar surface area (TPSA) is 98.2 Å². The molecule has 0 saturated heterocycles. The van der Waals surface area contributed by atoms with Gasteiger partial charge in [-0.15, -0.1) is 0 Å². The lowest BCUT2D eigenvalue weighted by Gasteiger charge is -2.11. The Labute approximate surface area is 194 Å². The van der Waals surface area contributed by atoms with Gasteiger partial charge in [-0.25, -0.2) is 9.97 Å². The highest BCUT2D eigenvalue weighted by atomic mass is 35.5. The molecule has 5 rings (SSSR count). The first-order valence-corrected chi connectivity index (χ1v) is 11.1. The van der Waals surface area contributed by atoms with E-state index in [4.69, 9.17) is 38.9 Å². The number of nitrogens with two attached hydrogens (primary N) is 1. The zero-order valence-corrected chi connectivity index (χ0v) is 18.6. The van der Waals surface area contributed by atoms with Crippen molar-refractivity contribution in [3.63, 3.8) is 0 Å². The van der Waals surface area contributed by atoms with Crippen molar-refractivity contribution in [2.45, 2.75) is 31.7 Å². The molecule has 0 atom stereocenters. The van der Waals surface area contributed by atoms with Gasteiger partial charge in [0.15, 0.2) is 5.65 Å². The number of carbonyl (C=O) groups is 1.